The van der Waals surface area contributed by atoms with Crippen LogP contribution in [0.15, 0.2) is 11.4 Å². The second-order valence-electron chi connectivity index (χ2n) is 5.59. The smallest absolute Gasteiger partial charge is 0.0561 e. The molecule has 0 aromatic carbocycles. The normalized spacial score (nSPS) is 12.8. The summed E-state index contributed by atoms with van der Waals surface area (Å²) >= 11 is 7.97. The van der Waals surface area contributed by atoms with Gasteiger partial charge in [0.2, 0.25) is 0 Å². The molecule has 0 aliphatic heterocycles. The summed E-state index contributed by atoms with van der Waals surface area (Å²) in [5.74, 6) is 0. The van der Waals surface area contributed by atoms with Gasteiger partial charge >= 0.3 is 0 Å². The molecule has 0 amide bonds. The molecule has 1 N–H and O–H groups in total. The number of hydrogen-bond acceptors (Lipinski definition) is 2. The Morgan fingerprint density at radius 2 is 1.65 bits per heavy atom. The van der Waals surface area contributed by atoms with Crippen LogP contribution in [-0.4, -0.2) is 7.05 Å². The lowest BCUT2D eigenvalue weighted by atomic mass is 10.0. The van der Waals surface area contributed by atoms with Crippen molar-refractivity contribution >= 4 is 22.9 Å². The van der Waals surface area contributed by atoms with E-state index in [9.17, 15) is 0 Å². The molecule has 20 heavy (non-hydrogen) atoms. The van der Waals surface area contributed by atoms with Gasteiger partial charge in [0.1, 0.15) is 0 Å². The van der Waals surface area contributed by atoms with Crippen molar-refractivity contribution in [3.8, 4) is 0 Å². The third-order valence-corrected chi connectivity index (χ3v) is 5.38. The molecule has 0 saturated carbocycles. The van der Waals surface area contributed by atoms with Gasteiger partial charge in [0.05, 0.1) is 5.02 Å². The van der Waals surface area contributed by atoms with E-state index >= 15 is 0 Å². The van der Waals surface area contributed by atoms with Gasteiger partial charge in [-0.1, -0.05) is 76.3 Å². The van der Waals surface area contributed by atoms with Gasteiger partial charge in [-0.05, 0) is 24.9 Å². The molecule has 1 rings (SSSR count). The van der Waals surface area contributed by atoms with Crippen molar-refractivity contribution in [1.82, 2.24) is 5.32 Å². The third-order valence-electron chi connectivity index (χ3n) is 3.91. The second-order valence-corrected chi connectivity index (χ2v) is 6.95. The highest BCUT2D eigenvalue weighted by Gasteiger charge is 2.13. The summed E-state index contributed by atoms with van der Waals surface area (Å²) in [5, 5.41) is 6.40. The first-order valence-corrected chi connectivity index (χ1v) is 9.45. The molecule has 0 bridgehead atoms. The number of rotatable bonds is 12. The predicted octanol–water partition coefficient (Wildman–Crippen LogP) is 6.58. The van der Waals surface area contributed by atoms with Gasteiger partial charge in [0, 0.05) is 10.9 Å². The zero-order valence-corrected chi connectivity index (χ0v) is 14.7. The van der Waals surface area contributed by atoms with Gasteiger partial charge in [0.15, 0.2) is 0 Å². The van der Waals surface area contributed by atoms with Crippen LogP contribution in [0.25, 0.3) is 0 Å². The van der Waals surface area contributed by atoms with E-state index in [1.807, 2.05) is 13.1 Å². The molecule has 3 heteroatoms. The molecule has 1 unspecified atom stereocenters. The molecule has 0 saturated heterocycles. The van der Waals surface area contributed by atoms with Crippen LogP contribution in [0.3, 0.4) is 0 Å². The average molecular weight is 316 g/mol. The minimum atomic E-state index is 0.437. The van der Waals surface area contributed by atoms with Crippen molar-refractivity contribution in [3.05, 3.63) is 21.3 Å². The van der Waals surface area contributed by atoms with Crippen LogP contribution in [0.5, 0.6) is 0 Å². The van der Waals surface area contributed by atoms with E-state index in [2.05, 4.69) is 17.6 Å². The Morgan fingerprint density at radius 3 is 2.15 bits per heavy atom. The molecule has 0 fully saturated rings. The summed E-state index contributed by atoms with van der Waals surface area (Å²) in [4.78, 5) is 1.30. The first kappa shape index (κ1) is 18.0. The summed E-state index contributed by atoms with van der Waals surface area (Å²) in [7, 11) is 2.04. The van der Waals surface area contributed by atoms with Crippen LogP contribution in [0.2, 0.25) is 5.02 Å². The Hall–Kier alpha value is -0.0500. The molecule has 0 spiro atoms. The Bertz CT molecular complexity index is 337. The van der Waals surface area contributed by atoms with Gasteiger partial charge in [-0.2, -0.15) is 0 Å². The molecule has 116 valence electrons. The van der Waals surface area contributed by atoms with E-state index in [1.165, 1.54) is 69.1 Å². The number of hydrogen-bond donors (Lipinski definition) is 1. The fourth-order valence-corrected chi connectivity index (χ4v) is 3.95. The number of nitrogens with one attached hydrogen (secondary N) is 1. The maximum absolute atomic E-state index is 6.21. The van der Waals surface area contributed by atoms with Gasteiger partial charge in [0.25, 0.3) is 0 Å². The fraction of sp³-hybridized carbons (Fsp3) is 0.765. The van der Waals surface area contributed by atoms with E-state index in [0.29, 0.717) is 6.04 Å². The fourth-order valence-electron chi connectivity index (χ4n) is 2.62. The number of thiophene rings is 1. The lowest BCUT2D eigenvalue weighted by Crippen LogP contribution is -2.15. The third kappa shape index (κ3) is 7.10. The van der Waals surface area contributed by atoms with E-state index in [4.69, 9.17) is 11.6 Å². The molecule has 1 nitrogen and oxygen atoms in total. The average Bonchev–Trinajstić information content (AvgIpc) is 2.87. The zero-order valence-electron chi connectivity index (χ0n) is 13.1. The summed E-state index contributed by atoms with van der Waals surface area (Å²) in [6.07, 6.45) is 13.7. The lowest BCUT2D eigenvalue weighted by molar-refractivity contribution is 0.498. The van der Waals surface area contributed by atoms with Crippen molar-refractivity contribution in [1.29, 1.82) is 0 Å². The molecule has 1 heterocycles. The van der Waals surface area contributed by atoms with Gasteiger partial charge in [-0.3, -0.25) is 0 Å². The van der Waals surface area contributed by atoms with Gasteiger partial charge in [-0.25, -0.2) is 0 Å². The minimum Gasteiger partial charge on any atom is -0.312 e. The van der Waals surface area contributed by atoms with Crippen LogP contribution in [-0.2, 0) is 0 Å². The Morgan fingerprint density at radius 1 is 1.05 bits per heavy atom. The van der Waals surface area contributed by atoms with Crippen molar-refractivity contribution in [2.45, 2.75) is 77.2 Å². The van der Waals surface area contributed by atoms with E-state index in [0.717, 1.165) is 5.02 Å². The maximum Gasteiger partial charge on any atom is 0.0561 e. The highest BCUT2D eigenvalue weighted by Crippen LogP contribution is 2.31. The maximum atomic E-state index is 6.21. The summed E-state index contributed by atoms with van der Waals surface area (Å²) in [5.41, 5.74) is 0. The molecule has 0 aliphatic carbocycles. The van der Waals surface area contributed by atoms with Crippen molar-refractivity contribution in [2.24, 2.45) is 0 Å². The Balaban J connectivity index is 2.04. The van der Waals surface area contributed by atoms with Crippen LogP contribution in [0, 0.1) is 0 Å². The molecule has 0 aliphatic rings. The molecule has 0 radical (unpaired) electrons. The first-order chi connectivity index (χ1) is 9.79. The monoisotopic (exact) mass is 315 g/mol. The Labute approximate surface area is 134 Å². The molecule has 1 aromatic heterocycles. The van der Waals surface area contributed by atoms with Gasteiger partial charge < -0.3 is 5.32 Å². The standard InChI is InChI=1S/C17H30ClNS/c1-3-4-5-6-7-8-9-10-11-12-16(19-2)17-15(18)13-14-20-17/h13-14,16,19H,3-12H2,1-2H3. The van der Waals surface area contributed by atoms with E-state index < -0.39 is 0 Å². The Kier molecular flexibility index (Phi) is 10.4. The highest BCUT2D eigenvalue weighted by atomic mass is 35.5. The van der Waals surface area contributed by atoms with Crippen molar-refractivity contribution in [2.75, 3.05) is 7.05 Å². The van der Waals surface area contributed by atoms with Crippen LogP contribution in [0.4, 0.5) is 0 Å². The van der Waals surface area contributed by atoms with E-state index in [1.54, 1.807) is 11.3 Å². The van der Waals surface area contributed by atoms with Crippen molar-refractivity contribution < 1.29 is 0 Å². The van der Waals surface area contributed by atoms with Crippen LogP contribution < -0.4 is 5.32 Å². The first-order valence-electron chi connectivity index (χ1n) is 8.19. The minimum absolute atomic E-state index is 0.437. The lowest BCUT2D eigenvalue weighted by Gasteiger charge is -2.15. The summed E-state index contributed by atoms with van der Waals surface area (Å²) in [6.45, 7) is 2.28. The SMILES string of the molecule is CCCCCCCCCCCC(NC)c1sccc1Cl. The topological polar surface area (TPSA) is 12.0 Å². The van der Waals surface area contributed by atoms with Crippen LogP contribution >= 0.6 is 22.9 Å². The van der Waals surface area contributed by atoms with Gasteiger partial charge in [-0.15, -0.1) is 11.3 Å². The summed E-state index contributed by atoms with van der Waals surface area (Å²) < 4.78 is 0. The second kappa shape index (κ2) is 11.6. The van der Waals surface area contributed by atoms with E-state index in [-0.39, 0.29) is 0 Å². The zero-order chi connectivity index (χ0) is 14.6. The summed E-state index contributed by atoms with van der Waals surface area (Å²) in [6, 6.07) is 2.44. The molecule has 1 aromatic rings. The number of halogens is 1. The molecular formula is C17H30ClNS. The largest absolute Gasteiger partial charge is 0.312 e. The van der Waals surface area contributed by atoms with Crippen LogP contribution in [0.1, 0.15) is 82.1 Å². The molecular weight excluding hydrogens is 286 g/mol. The number of unbranched alkanes of at least 4 members (excludes halogenated alkanes) is 8. The highest BCUT2D eigenvalue weighted by molar-refractivity contribution is 7.10. The van der Waals surface area contributed by atoms with Crippen molar-refractivity contribution in [3.63, 3.8) is 0 Å². The predicted molar refractivity (Wildman–Crippen MR) is 93.0 cm³/mol. The molecule has 1 atom stereocenters. The quantitative estimate of drug-likeness (QED) is 0.429.